The number of benzene rings is 6. The van der Waals surface area contributed by atoms with Gasteiger partial charge in [-0.2, -0.15) is 0 Å². The van der Waals surface area contributed by atoms with Gasteiger partial charge in [-0.05, 0) is 28.5 Å². The van der Waals surface area contributed by atoms with Gasteiger partial charge in [-0.25, -0.2) is 9.97 Å². The van der Waals surface area contributed by atoms with E-state index in [-0.39, 0.29) is 6.17 Å². The standard InChI is InChI=1S/C39H28N4/c1-43-37(33-21-11-13-23-35(33)41-39(43)27-16-6-3-7-17-27)31-25-24-30(28-18-8-9-19-29(28)31)36-32-20-10-12-22-34(32)40-38(42-36)26-14-4-2-5-15-26/h2-25,39H,1H3. The van der Waals surface area contributed by atoms with Crippen molar-refractivity contribution in [2.45, 2.75) is 6.17 Å². The molecule has 0 amide bonds. The number of nitrogens with zero attached hydrogens (tertiary/aromatic N) is 4. The Morgan fingerprint density at radius 3 is 1.93 bits per heavy atom. The number of hydrogen-bond donors (Lipinski definition) is 0. The fraction of sp³-hybridized carbons (Fsp3) is 0.0513. The number of rotatable bonds is 4. The van der Waals surface area contributed by atoms with Crippen molar-refractivity contribution in [2.24, 2.45) is 4.99 Å². The van der Waals surface area contributed by atoms with Crippen molar-refractivity contribution >= 4 is 27.4 Å². The smallest absolute Gasteiger partial charge is 0.160 e. The molecule has 0 fully saturated rings. The van der Waals surface area contributed by atoms with Gasteiger partial charge in [-0.1, -0.05) is 133 Å². The summed E-state index contributed by atoms with van der Waals surface area (Å²) in [6.07, 6.45) is -0.122. The van der Waals surface area contributed by atoms with Crippen LogP contribution in [0, 0.1) is 0 Å². The molecule has 1 aromatic heterocycles. The van der Waals surface area contributed by atoms with Crippen LogP contribution < -0.4 is 10.6 Å². The maximum atomic E-state index is 5.19. The molecular weight excluding hydrogens is 524 g/mol. The second-order valence-corrected chi connectivity index (χ2v) is 10.9. The topological polar surface area (TPSA) is 41.4 Å². The van der Waals surface area contributed by atoms with Crippen molar-refractivity contribution in [1.29, 1.82) is 0 Å². The maximum absolute atomic E-state index is 5.19. The predicted molar refractivity (Wildman–Crippen MR) is 175 cm³/mol. The van der Waals surface area contributed by atoms with Gasteiger partial charge in [-0.15, -0.1) is 0 Å². The van der Waals surface area contributed by atoms with Gasteiger partial charge < -0.3 is 4.90 Å². The number of aromatic nitrogens is 2. The van der Waals surface area contributed by atoms with Crippen molar-refractivity contribution in [3.8, 4) is 22.6 Å². The normalized spacial score (nSPS) is 14.5. The molecule has 1 aliphatic rings. The lowest BCUT2D eigenvalue weighted by atomic mass is 9.92. The molecule has 8 rings (SSSR count). The molecule has 1 unspecified atom stereocenters. The molecule has 43 heavy (non-hydrogen) atoms. The number of fused-ring (bicyclic) bond motifs is 3. The SMILES string of the molecule is CN1C(c2ccc(-c3nc(-c4ccccc4)nc4ccccc34)c3ccccc23)=c2ccccc2=NC1c1ccccc1. The Kier molecular flexibility index (Phi) is 6.04. The zero-order chi connectivity index (χ0) is 28.8. The van der Waals surface area contributed by atoms with Crippen LogP contribution in [0.2, 0.25) is 0 Å². The predicted octanol–water partition coefficient (Wildman–Crippen LogP) is 7.54. The van der Waals surface area contributed by atoms with Crippen LogP contribution in [0.5, 0.6) is 0 Å². The van der Waals surface area contributed by atoms with E-state index < -0.39 is 0 Å². The molecule has 0 N–H and O–H groups in total. The Hall–Kier alpha value is -5.61. The van der Waals surface area contributed by atoms with Crippen molar-refractivity contribution in [1.82, 2.24) is 14.9 Å². The molecule has 1 atom stereocenters. The van der Waals surface area contributed by atoms with Gasteiger partial charge in [-0.3, -0.25) is 4.99 Å². The molecule has 1 aliphatic heterocycles. The van der Waals surface area contributed by atoms with E-state index in [1.807, 2.05) is 24.3 Å². The second kappa shape index (κ2) is 10.3. The zero-order valence-electron chi connectivity index (χ0n) is 23.7. The highest BCUT2D eigenvalue weighted by atomic mass is 15.2. The first-order valence-electron chi connectivity index (χ1n) is 14.6. The van der Waals surface area contributed by atoms with Gasteiger partial charge in [0.1, 0.15) is 6.17 Å². The molecular formula is C39H28N4. The van der Waals surface area contributed by atoms with E-state index >= 15 is 0 Å². The monoisotopic (exact) mass is 552 g/mol. The Balaban J connectivity index is 1.38. The van der Waals surface area contributed by atoms with Crippen LogP contribution in [0.1, 0.15) is 17.3 Å². The van der Waals surface area contributed by atoms with Crippen LogP contribution in [0.25, 0.3) is 50.0 Å². The highest BCUT2D eigenvalue weighted by molar-refractivity contribution is 6.06. The van der Waals surface area contributed by atoms with Crippen LogP contribution in [-0.2, 0) is 0 Å². The molecule has 4 heteroatoms. The third-order valence-corrected chi connectivity index (χ3v) is 8.31. The maximum Gasteiger partial charge on any atom is 0.160 e. The van der Waals surface area contributed by atoms with Crippen molar-refractivity contribution in [2.75, 3.05) is 7.05 Å². The van der Waals surface area contributed by atoms with Crippen molar-refractivity contribution < 1.29 is 0 Å². The molecule has 0 spiro atoms. The molecule has 0 aliphatic carbocycles. The summed E-state index contributed by atoms with van der Waals surface area (Å²) in [6, 6.07) is 50.6. The summed E-state index contributed by atoms with van der Waals surface area (Å²) in [6.45, 7) is 0. The van der Waals surface area contributed by atoms with Gasteiger partial charge >= 0.3 is 0 Å². The van der Waals surface area contributed by atoms with Crippen LogP contribution in [0.3, 0.4) is 0 Å². The Labute approximate surface area is 250 Å². The summed E-state index contributed by atoms with van der Waals surface area (Å²) >= 11 is 0. The summed E-state index contributed by atoms with van der Waals surface area (Å²) in [7, 11) is 2.15. The Bertz CT molecular complexity index is 2260. The highest BCUT2D eigenvalue weighted by Crippen LogP contribution is 2.38. The molecule has 0 radical (unpaired) electrons. The zero-order valence-corrected chi connectivity index (χ0v) is 23.7. The molecule has 0 saturated carbocycles. The summed E-state index contributed by atoms with van der Waals surface area (Å²) in [4.78, 5) is 17.6. The van der Waals surface area contributed by atoms with Crippen molar-refractivity contribution in [3.05, 3.63) is 167 Å². The van der Waals surface area contributed by atoms with Crippen molar-refractivity contribution in [3.63, 3.8) is 0 Å². The lowest BCUT2D eigenvalue weighted by molar-refractivity contribution is 0.351. The fourth-order valence-corrected chi connectivity index (χ4v) is 6.29. The van der Waals surface area contributed by atoms with Crippen LogP contribution in [0.15, 0.2) is 151 Å². The van der Waals surface area contributed by atoms with Crippen LogP contribution in [0.4, 0.5) is 0 Å². The van der Waals surface area contributed by atoms with Gasteiger partial charge in [0.25, 0.3) is 0 Å². The minimum atomic E-state index is -0.122. The molecule has 6 aromatic carbocycles. The summed E-state index contributed by atoms with van der Waals surface area (Å²) in [5.74, 6) is 0.727. The molecule has 2 heterocycles. The van der Waals surface area contributed by atoms with Gasteiger partial charge in [0, 0.05) is 34.3 Å². The number of hydrogen-bond acceptors (Lipinski definition) is 4. The minimum Gasteiger partial charge on any atom is -0.348 e. The fourth-order valence-electron chi connectivity index (χ4n) is 6.29. The van der Waals surface area contributed by atoms with E-state index in [1.165, 1.54) is 22.2 Å². The van der Waals surface area contributed by atoms with Crippen LogP contribution in [-0.4, -0.2) is 21.9 Å². The first kappa shape index (κ1) is 25.1. The average Bonchev–Trinajstić information content (AvgIpc) is 3.08. The first-order chi connectivity index (χ1) is 21.3. The van der Waals surface area contributed by atoms with E-state index in [4.69, 9.17) is 15.0 Å². The lowest BCUT2D eigenvalue weighted by Gasteiger charge is -2.33. The molecule has 4 nitrogen and oxygen atoms in total. The highest BCUT2D eigenvalue weighted by Gasteiger charge is 2.25. The molecule has 204 valence electrons. The Morgan fingerprint density at radius 1 is 0.535 bits per heavy atom. The first-order valence-corrected chi connectivity index (χ1v) is 14.6. The summed E-state index contributed by atoms with van der Waals surface area (Å²) < 4.78 is 0. The quantitative estimate of drug-likeness (QED) is 0.227. The van der Waals surface area contributed by atoms with Gasteiger partial charge in [0.15, 0.2) is 5.82 Å². The largest absolute Gasteiger partial charge is 0.348 e. The Morgan fingerprint density at radius 2 is 1.14 bits per heavy atom. The lowest BCUT2D eigenvalue weighted by Crippen LogP contribution is -2.40. The van der Waals surface area contributed by atoms with Crippen LogP contribution >= 0.6 is 0 Å². The van der Waals surface area contributed by atoms with E-state index in [9.17, 15) is 0 Å². The van der Waals surface area contributed by atoms with Gasteiger partial charge in [0.2, 0.25) is 0 Å². The van der Waals surface area contributed by atoms with E-state index in [0.29, 0.717) is 0 Å². The number of para-hydroxylation sites is 2. The second-order valence-electron chi connectivity index (χ2n) is 10.9. The average molecular weight is 553 g/mol. The summed E-state index contributed by atoms with van der Waals surface area (Å²) in [5, 5.41) is 5.51. The van der Waals surface area contributed by atoms with E-state index in [0.717, 1.165) is 49.5 Å². The molecule has 7 aromatic rings. The third kappa shape index (κ3) is 4.27. The molecule has 0 saturated heterocycles. The van der Waals surface area contributed by atoms with E-state index in [1.54, 1.807) is 0 Å². The van der Waals surface area contributed by atoms with E-state index in [2.05, 4.69) is 133 Å². The molecule has 0 bridgehead atoms. The third-order valence-electron chi connectivity index (χ3n) is 8.31. The summed E-state index contributed by atoms with van der Waals surface area (Å²) in [5.41, 5.74) is 7.47. The van der Waals surface area contributed by atoms with Gasteiger partial charge in [0.05, 0.1) is 22.3 Å². The minimum absolute atomic E-state index is 0.122.